The number of hydrogen-bond donors (Lipinski definition) is 1. The molecule has 1 aliphatic carbocycles. The van der Waals surface area contributed by atoms with Crippen LogP contribution in [0.25, 0.3) is 11.1 Å². The summed E-state index contributed by atoms with van der Waals surface area (Å²) >= 11 is 0. The second-order valence-corrected chi connectivity index (χ2v) is 10.5. The lowest BCUT2D eigenvalue weighted by Gasteiger charge is -2.21. The third-order valence-corrected chi connectivity index (χ3v) is 6.35. The first-order chi connectivity index (χ1) is 19.8. The van der Waals surface area contributed by atoms with Crippen LogP contribution in [0.3, 0.4) is 0 Å². The Morgan fingerprint density at radius 2 is 1.31 bits per heavy atom. The Morgan fingerprint density at radius 3 is 1.83 bits per heavy atom. The predicted molar refractivity (Wildman–Crippen MR) is 139 cm³/mol. The minimum Gasteiger partial charge on any atom is -0.460 e. The Hall–Kier alpha value is -4.48. The number of fused-ring (bicyclic) bond motifs is 3. The molecule has 42 heavy (non-hydrogen) atoms. The van der Waals surface area contributed by atoms with Crippen LogP contribution in [0, 0.1) is 29.1 Å². The SMILES string of the molecule is CC(C)(C)OC(=O)CC[C@H](NC(=O)OCC1c2ccccc2-c2ccccc21)C(=O)Oc1c(F)c(F)c(F)c(F)c1F. The van der Waals surface area contributed by atoms with Gasteiger partial charge >= 0.3 is 18.0 Å². The molecule has 222 valence electrons. The van der Waals surface area contributed by atoms with Gasteiger partial charge in [-0.3, -0.25) is 4.79 Å². The van der Waals surface area contributed by atoms with E-state index in [1.807, 2.05) is 48.5 Å². The molecule has 0 fully saturated rings. The van der Waals surface area contributed by atoms with Gasteiger partial charge in [0.05, 0.1) is 0 Å². The highest BCUT2D eigenvalue weighted by atomic mass is 19.2. The Morgan fingerprint density at radius 1 is 0.810 bits per heavy atom. The van der Waals surface area contributed by atoms with Gasteiger partial charge in [0.15, 0.2) is 0 Å². The number of esters is 2. The molecule has 1 N–H and O–H groups in total. The summed E-state index contributed by atoms with van der Waals surface area (Å²) in [4.78, 5) is 37.8. The zero-order valence-corrected chi connectivity index (χ0v) is 22.7. The van der Waals surface area contributed by atoms with Crippen LogP contribution >= 0.6 is 0 Å². The van der Waals surface area contributed by atoms with Crippen molar-refractivity contribution in [3.63, 3.8) is 0 Å². The zero-order valence-electron chi connectivity index (χ0n) is 22.7. The van der Waals surface area contributed by atoms with E-state index in [4.69, 9.17) is 9.47 Å². The minimum absolute atomic E-state index is 0.161. The number of benzene rings is 3. The van der Waals surface area contributed by atoms with Gasteiger partial charge < -0.3 is 19.5 Å². The highest BCUT2D eigenvalue weighted by Gasteiger charge is 2.33. The predicted octanol–water partition coefficient (Wildman–Crippen LogP) is 6.32. The molecule has 1 atom stereocenters. The van der Waals surface area contributed by atoms with Crippen LogP contribution in [0.15, 0.2) is 48.5 Å². The van der Waals surface area contributed by atoms with E-state index in [0.29, 0.717) is 0 Å². The van der Waals surface area contributed by atoms with Gasteiger partial charge in [0.1, 0.15) is 18.2 Å². The van der Waals surface area contributed by atoms with Crippen LogP contribution in [0.4, 0.5) is 26.7 Å². The number of nitrogens with one attached hydrogen (secondary N) is 1. The Bertz CT molecular complexity index is 1460. The number of halogens is 5. The molecule has 1 aliphatic rings. The van der Waals surface area contributed by atoms with Gasteiger partial charge in [0, 0.05) is 12.3 Å². The lowest BCUT2D eigenvalue weighted by Crippen LogP contribution is -2.44. The molecule has 0 bridgehead atoms. The third kappa shape index (κ3) is 6.53. The van der Waals surface area contributed by atoms with E-state index < -0.39 is 77.4 Å². The molecule has 0 heterocycles. The van der Waals surface area contributed by atoms with Gasteiger partial charge in [-0.25, -0.2) is 22.8 Å². The smallest absolute Gasteiger partial charge is 0.407 e. The quantitative estimate of drug-likeness (QED) is 0.109. The van der Waals surface area contributed by atoms with Crippen molar-refractivity contribution in [3.8, 4) is 16.9 Å². The van der Waals surface area contributed by atoms with Crippen LogP contribution in [-0.2, 0) is 19.1 Å². The van der Waals surface area contributed by atoms with Crippen molar-refractivity contribution >= 4 is 18.0 Å². The highest BCUT2D eigenvalue weighted by molar-refractivity contribution is 5.84. The highest BCUT2D eigenvalue weighted by Crippen LogP contribution is 2.44. The fourth-order valence-electron chi connectivity index (χ4n) is 4.53. The third-order valence-electron chi connectivity index (χ3n) is 6.35. The van der Waals surface area contributed by atoms with Crippen molar-refractivity contribution in [2.75, 3.05) is 6.61 Å². The number of amides is 1. The number of ether oxygens (including phenoxy) is 3. The van der Waals surface area contributed by atoms with E-state index in [9.17, 15) is 36.3 Å². The molecule has 0 saturated heterocycles. The first-order valence-corrected chi connectivity index (χ1v) is 12.8. The maximum atomic E-state index is 14.1. The molecule has 12 heteroatoms. The van der Waals surface area contributed by atoms with E-state index in [1.165, 1.54) is 0 Å². The molecule has 7 nitrogen and oxygen atoms in total. The monoisotopic (exact) mass is 591 g/mol. The van der Waals surface area contributed by atoms with Gasteiger partial charge in [0.25, 0.3) is 0 Å². The normalized spacial score (nSPS) is 13.1. The van der Waals surface area contributed by atoms with Crippen molar-refractivity contribution in [1.82, 2.24) is 5.32 Å². The summed E-state index contributed by atoms with van der Waals surface area (Å²) in [5.41, 5.74) is 2.84. The van der Waals surface area contributed by atoms with Gasteiger partial charge in [-0.1, -0.05) is 48.5 Å². The van der Waals surface area contributed by atoms with Crippen LogP contribution < -0.4 is 10.1 Å². The van der Waals surface area contributed by atoms with E-state index in [0.717, 1.165) is 22.3 Å². The first-order valence-electron chi connectivity index (χ1n) is 12.8. The summed E-state index contributed by atoms with van der Waals surface area (Å²) < 4.78 is 84.0. The summed E-state index contributed by atoms with van der Waals surface area (Å²) in [5.74, 6) is -16.4. The Balaban J connectivity index is 1.50. The zero-order chi connectivity index (χ0) is 30.8. The van der Waals surface area contributed by atoms with E-state index in [1.54, 1.807) is 20.8 Å². The lowest BCUT2D eigenvalue weighted by molar-refractivity contribution is -0.155. The molecule has 0 aromatic heterocycles. The van der Waals surface area contributed by atoms with Crippen LogP contribution in [0.5, 0.6) is 5.75 Å². The standard InChI is InChI=1S/C30H26F5NO6/c1-30(2,3)42-21(37)13-12-20(28(38)41-27-25(34)23(32)22(31)24(33)26(27)35)36-29(39)40-14-19-17-10-6-4-8-15(17)16-9-5-7-11-18(16)19/h4-11,19-20H,12-14H2,1-3H3,(H,36,39)/t20-/m0/s1. The number of hydrogen-bond acceptors (Lipinski definition) is 6. The van der Waals surface area contributed by atoms with Gasteiger partial charge in [-0.2, -0.15) is 8.78 Å². The van der Waals surface area contributed by atoms with Gasteiger partial charge in [-0.05, 0) is 49.4 Å². The number of rotatable bonds is 8. The summed E-state index contributed by atoms with van der Waals surface area (Å²) in [6.07, 6.45) is -2.13. The van der Waals surface area contributed by atoms with Gasteiger partial charge in [-0.15, -0.1) is 0 Å². The molecule has 3 aromatic carbocycles. The molecule has 1 amide bonds. The number of alkyl carbamates (subject to hydrolysis) is 1. The summed E-state index contributed by atoms with van der Waals surface area (Å²) in [5, 5.41) is 2.16. The van der Waals surface area contributed by atoms with Crippen LogP contribution in [0.2, 0.25) is 0 Å². The topological polar surface area (TPSA) is 90.9 Å². The summed E-state index contributed by atoms with van der Waals surface area (Å²) in [6.45, 7) is 4.61. The van der Waals surface area contributed by atoms with Crippen molar-refractivity contribution in [1.29, 1.82) is 0 Å². The maximum absolute atomic E-state index is 14.1. The average molecular weight is 592 g/mol. The second kappa shape index (κ2) is 12.2. The fraction of sp³-hybridized carbons (Fsp3) is 0.300. The Kier molecular flexibility index (Phi) is 8.83. The molecule has 0 unspecified atom stereocenters. The van der Waals surface area contributed by atoms with Crippen LogP contribution in [0.1, 0.15) is 50.7 Å². The van der Waals surface area contributed by atoms with Crippen molar-refractivity contribution in [2.24, 2.45) is 0 Å². The summed E-state index contributed by atoms with van der Waals surface area (Å²) in [6, 6.07) is 13.2. The number of carbonyl (C=O) groups is 3. The van der Waals surface area contributed by atoms with Crippen molar-refractivity contribution in [3.05, 3.63) is 88.7 Å². The first kappa shape index (κ1) is 30.5. The van der Waals surface area contributed by atoms with Crippen LogP contribution in [-0.4, -0.2) is 36.3 Å². The number of carbonyl (C=O) groups excluding carboxylic acids is 3. The maximum Gasteiger partial charge on any atom is 0.407 e. The molecule has 0 spiro atoms. The van der Waals surface area contributed by atoms with Crippen molar-refractivity contribution < 1.29 is 50.5 Å². The minimum atomic E-state index is -2.44. The molecule has 0 aliphatic heterocycles. The lowest BCUT2D eigenvalue weighted by atomic mass is 9.98. The van der Waals surface area contributed by atoms with E-state index in [2.05, 4.69) is 10.1 Å². The Labute approximate surface area is 237 Å². The van der Waals surface area contributed by atoms with E-state index >= 15 is 0 Å². The molecular weight excluding hydrogens is 565 g/mol. The largest absolute Gasteiger partial charge is 0.460 e. The molecular formula is C30H26F5NO6. The molecule has 4 rings (SSSR count). The fourth-order valence-corrected chi connectivity index (χ4v) is 4.53. The average Bonchev–Trinajstić information content (AvgIpc) is 3.26. The van der Waals surface area contributed by atoms with Gasteiger partial charge in [0.2, 0.25) is 34.8 Å². The second-order valence-electron chi connectivity index (χ2n) is 10.5. The van der Waals surface area contributed by atoms with E-state index in [-0.39, 0.29) is 12.5 Å². The molecule has 0 radical (unpaired) electrons. The molecule has 3 aromatic rings. The summed E-state index contributed by atoms with van der Waals surface area (Å²) in [7, 11) is 0. The van der Waals surface area contributed by atoms with Crippen molar-refractivity contribution in [2.45, 2.75) is 51.2 Å². The molecule has 0 saturated carbocycles.